The molecule has 0 bridgehead atoms. The number of hydrogen-bond donors (Lipinski definition) is 2. The van der Waals surface area contributed by atoms with Gasteiger partial charge in [0.2, 0.25) is 0 Å². The first kappa shape index (κ1) is 17.9. The summed E-state index contributed by atoms with van der Waals surface area (Å²) >= 11 is 0. The average Bonchev–Trinajstić information content (AvgIpc) is 3.03. The van der Waals surface area contributed by atoms with Crippen molar-refractivity contribution in [3.63, 3.8) is 0 Å². The highest BCUT2D eigenvalue weighted by Crippen LogP contribution is 2.07. The topological polar surface area (TPSA) is 73.5 Å². The number of nitrogens with one attached hydrogen (secondary N) is 2. The lowest BCUT2D eigenvalue weighted by atomic mass is 10.1. The first-order chi connectivity index (χ1) is 9.56. The normalized spacial score (nSPS) is 27.4. The van der Waals surface area contributed by atoms with E-state index in [4.69, 9.17) is 0 Å². The van der Waals surface area contributed by atoms with Crippen molar-refractivity contribution in [3.05, 3.63) is 0 Å². The average molecular weight is 315 g/mol. The maximum Gasteiger partial charge on any atom is 0.101 e. The van der Waals surface area contributed by atoms with E-state index in [1.165, 1.54) is 0 Å². The molecule has 7 heteroatoms. The zero-order valence-corrected chi connectivity index (χ0v) is 14.2. The quantitative estimate of drug-likeness (QED) is 0.735. The molecular weight excluding hydrogens is 288 g/mol. The minimum absolute atomic E-state index is 0. The van der Waals surface area contributed by atoms with E-state index in [0.717, 1.165) is 24.8 Å². The van der Waals surface area contributed by atoms with Crippen molar-refractivity contribution in [1.29, 1.82) is 0 Å². The summed E-state index contributed by atoms with van der Waals surface area (Å²) in [7, 11) is 0. The summed E-state index contributed by atoms with van der Waals surface area (Å²) in [4.78, 5) is 8.95. The molecule has 2 aliphatic rings. The van der Waals surface area contributed by atoms with Gasteiger partial charge in [-0.05, 0) is 13.8 Å². The smallest absolute Gasteiger partial charge is 0.101 e. The minimum Gasteiger partial charge on any atom is -0.369 e. The molecule has 0 fully saturated rings. The highest BCUT2D eigenvalue weighted by molar-refractivity contribution is 5.86. The van der Waals surface area contributed by atoms with Crippen LogP contribution in [0.5, 0.6) is 0 Å². The van der Waals surface area contributed by atoms with Crippen LogP contribution in [0.3, 0.4) is 0 Å². The Morgan fingerprint density at radius 1 is 0.952 bits per heavy atom. The van der Waals surface area contributed by atoms with Gasteiger partial charge in [0, 0.05) is 23.9 Å². The van der Waals surface area contributed by atoms with E-state index in [1.807, 2.05) is 0 Å². The van der Waals surface area contributed by atoms with E-state index in [0.29, 0.717) is 37.0 Å². The number of rotatable bonds is 6. The molecule has 6 nitrogen and oxygen atoms in total. The molecule has 21 heavy (non-hydrogen) atoms. The molecule has 4 atom stereocenters. The summed E-state index contributed by atoms with van der Waals surface area (Å²) in [5.74, 6) is 2.78. The van der Waals surface area contributed by atoms with Crippen molar-refractivity contribution in [2.45, 2.75) is 39.8 Å². The number of nitrogens with zero attached hydrogens (tertiary/aromatic N) is 4. The predicted molar refractivity (Wildman–Crippen MR) is 90.0 cm³/mol. The first-order valence-corrected chi connectivity index (χ1v) is 7.51. The van der Waals surface area contributed by atoms with Crippen molar-refractivity contribution in [1.82, 2.24) is 10.6 Å². The second-order valence-electron chi connectivity index (χ2n) is 5.99. The lowest BCUT2D eigenvalue weighted by molar-refractivity contribution is 0.653. The second kappa shape index (κ2) is 8.32. The van der Waals surface area contributed by atoms with Gasteiger partial charge in [-0.1, -0.05) is 13.8 Å². The predicted octanol–water partition coefficient (Wildman–Crippen LogP) is 1.91. The van der Waals surface area contributed by atoms with Crippen LogP contribution in [-0.2, 0) is 0 Å². The zero-order valence-electron chi connectivity index (χ0n) is 13.3. The molecule has 0 spiro atoms. The molecule has 4 unspecified atom stereocenters. The third-order valence-corrected chi connectivity index (χ3v) is 3.60. The first-order valence-electron chi connectivity index (χ1n) is 7.51. The van der Waals surface area contributed by atoms with Crippen LogP contribution in [0.15, 0.2) is 20.2 Å². The van der Waals surface area contributed by atoms with Crippen LogP contribution >= 0.6 is 12.4 Å². The number of aliphatic imine (C=N–C) groups is 2. The molecule has 2 heterocycles. The van der Waals surface area contributed by atoms with E-state index in [2.05, 4.69) is 58.5 Å². The summed E-state index contributed by atoms with van der Waals surface area (Å²) in [6, 6.07) is 0.913. The number of hydrogen-bond acceptors (Lipinski definition) is 6. The minimum atomic E-state index is 0. The van der Waals surface area contributed by atoms with Crippen LogP contribution in [0, 0.1) is 11.8 Å². The largest absolute Gasteiger partial charge is 0.369 e. The summed E-state index contributed by atoms with van der Waals surface area (Å²) in [5, 5.41) is 15.3. The van der Waals surface area contributed by atoms with Gasteiger partial charge in [-0.3, -0.25) is 9.98 Å². The second-order valence-corrected chi connectivity index (χ2v) is 5.99. The summed E-state index contributed by atoms with van der Waals surface area (Å²) in [6.45, 7) is 11.7. The molecule has 2 aliphatic heterocycles. The summed E-state index contributed by atoms with van der Waals surface area (Å²) < 4.78 is 0. The number of halogens is 1. The van der Waals surface area contributed by atoms with Gasteiger partial charge in [-0.25, -0.2) is 0 Å². The molecule has 120 valence electrons. The van der Waals surface area contributed by atoms with E-state index < -0.39 is 0 Å². The van der Waals surface area contributed by atoms with Crippen molar-refractivity contribution in [3.8, 4) is 0 Å². The Labute approximate surface area is 133 Å². The number of amidine groups is 2. The Bertz CT molecular complexity index is 382. The molecule has 0 amide bonds. The van der Waals surface area contributed by atoms with Crippen molar-refractivity contribution < 1.29 is 0 Å². The summed E-state index contributed by atoms with van der Waals surface area (Å²) in [5.41, 5.74) is 0. The van der Waals surface area contributed by atoms with Gasteiger partial charge in [-0.2, -0.15) is 10.2 Å². The highest BCUT2D eigenvalue weighted by Gasteiger charge is 2.19. The fraction of sp³-hybridized carbons (Fsp3) is 0.857. The third-order valence-electron chi connectivity index (χ3n) is 3.60. The van der Waals surface area contributed by atoms with Crippen LogP contribution in [0.25, 0.3) is 0 Å². The maximum atomic E-state index is 4.48. The van der Waals surface area contributed by atoms with Gasteiger partial charge in [0.15, 0.2) is 0 Å². The fourth-order valence-electron chi connectivity index (χ4n) is 2.29. The molecule has 2 N–H and O–H groups in total. The molecule has 2 rings (SSSR count). The molecule has 0 aromatic heterocycles. The lowest BCUT2D eigenvalue weighted by Crippen LogP contribution is -2.32. The van der Waals surface area contributed by atoms with Gasteiger partial charge in [0.1, 0.15) is 11.7 Å². The number of azo groups is 1. The maximum absolute atomic E-state index is 4.48. The Balaban J connectivity index is 0.00000220. The molecular formula is C14H27ClN6. The van der Waals surface area contributed by atoms with Crippen LogP contribution < -0.4 is 10.6 Å². The molecule has 0 aromatic carbocycles. The van der Waals surface area contributed by atoms with Crippen LogP contribution in [-0.4, -0.2) is 49.9 Å². The lowest BCUT2D eigenvalue weighted by Gasteiger charge is -2.12. The van der Waals surface area contributed by atoms with Gasteiger partial charge in [0.25, 0.3) is 0 Å². The zero-order chi connectivity index (χ0) is 14.5. The van der Waals surface area contributed by atoms with Crippen molar-refractivity contribution in [2.75, 3.05) is 26.2 Å². The Kier molecular flexibility index (Phi) is 7.08. The van der Waals surface area contributed by atoms with E-state index in [1.54, 1.807) is 0 Å². The van der Waals surface area contributed by atoms with Crippen LogP contribution in [0.1, 0.15) is 27.7 Å². The monoisotopic (exact) mass is 314 g/mol. The van der Waals surface area contributed by atoms with Gasteiger partial charge in [-0.15, -0.1) is 12.4 Å². The molecule has 0 radical (unpaired) electrons. The van der Waals surface area contributed by atoms with E-state index in [-0.39, 0.29) is 12.4 Å². The van der Waals surface area contributed by atoms with Crippen molar-refractivity contribution in [2.24, 2.45) is 32.0 Å². The Morgan fingerprint density at radius 3 is 1.62 bits per heavy atom. The molecule has 0 aliphatic carbocycles. The Hall–Kier alpha value is -1.17. The molecule has 0 aromatic rings. The molecule has 0 saturated heterocycles. The summed E-state index contributed by atoms with van der Waals surface area (Å²) in [6.07, 6.45) is 0. The van der Waals surface area contributed by atoms with E-state index in [9.17, 15) is 0 Å². The van der Waals surface area contributed by atoms with Gasteiger partial charge >= 0.3 is 0 Å². The fourth-order valence-corrected chi connectivity index (χ4v) is 2.29. The molecule has 0 saturated carbocycles. The Morgan fingerprint density at radius 2 is 1.33 bits per heavy atom. The van der Waals surface area contributed by atoms with Gasteiger partial charge in [0.05, 0.1) is 26.2 Å². The van der Waals surface area contributed by atoms with Crippen LogP contribution in [0.2, 0.25) is 0 Å². The van der Waals surface area contributed by atoms with E-state index >= 15 is 0 Å². The van der Waals surface area contributed by atoms with Crippen molar-refractivity contribution >= 4 is 24.1 Å². The van der Waals surface area contributed by atoms with Crippen LogP contribution in [0.4, 0.5) is 0 Å². The highest BCUT2D eigenvalue weighted by atomic mass is 35.5. The standard InChI is InChI=1S/C14H26N6.ClH/c1-9(13-15-7-11(3)19-13)5-17-18-6-10(2)14-16-8-12(4)20-14;/h9-12H,5-8H2,1-4H3,(H,15,19)(H,16,20);1H. The van der Waals surface area contributed by atoms with Gasteiger partial charge < -0.3 is 10.6 Å². The third kappa shape index (κ3) is 5.26. The SMILES string of the molecule is CC1CN=C(C(C)CN=NCC(C)C2=NCC(C)N2)N1.Cl.